The van der Waals surface area contributed by atoms with Gasteiger partial charge in [-0.3, -0.25) is 14.9 Å². The molecule has 3 aromatic rings. The van der Waals surface area contributed by atoms with Crippen LogP contribution in [0.1, 0.15) is 24.7 Å². The highest BCUT2D eigenvalue weighted by Gasteiger charge is 2.19. The van der Waals surface area contributed by atoms with Crippen LogP contribution in [-0.4, -0.2) is 35.0 Å². The number of hydrogen-bond donors (Lipinski definition) is 0. The Hall–Kier alpha value is -3.27. The maximum absolute atomic E-state index is 13.0. The van der Waals surface area contributed by atoms with Gasteiger partial charge < -0.3 is 9.47 Å². The molecule has 156 valence electrons. The molecule has 0 fully saturated rings. The van der Waals surface area contributed by atoms with Crippen molar-refractivity contribution in [1.29, 1.82) is 0 Å². The first-order valence-electron chi connectivity index (χ1n) is 9.05. The largest absolute Gasteiger partial charge is 0.493 e. The first-order valence-corrected chi connectivity index (χ1v) is 9.84. The molecule has 0 bridgehead atoms. The van der Waals surface area contributed by atoms with E-state index in [0.717, 1.165) is 10.9 Å². The van der Waals surface area contributed by atoms with Gasteiger partial charge in [-0.25, -0.2) is 4.98 Å². The highest BCUT2D eigenvalue weighted by molar-refractivity contribution is 9.10. The lowest BCUT2D eigenvalue weighted by atomic mass is 10.1. The van der Waals surface area contributed by atoms with Gasteiger partial charge in [-0.05, 0) is 30.7 Å². The summed E-state index contributed by atoms with van der Waals surface area (Å²) in [7, 11) is 2.82. The Morgan fingerprint density at radius 3 is 2.57 bits per heavy atom. The van der Waals surface area contributed by atoms with E-state index >= 15 is 0 Å². The number of nitrogens with zero attached hydrogens (tertiary/aromatic N) is 4. The minimum Gasteiger partial charge on any atom is -0.493 e. The normalized spacial score (nSPS) is 11.2. The van der Waals surface area contributed by atoms with E-state index in [9.17, 15) is 14.9 Å². The molecule has 0 aliphatic carbocycles. The fourth-order valence-corrected chi connectivity index (χ4v) is 3.33. The number of nitro groups is 1. The van der Waals surface area contributed by atoms with Gasteiger partial charge in [0.2, 0.25) is 0 Å². The Balaban J connectivity index is 2.20. The van der Waals surface area contributed by atoms with Gasteiger partial charge in [0.05, 0.1) is 47.9 Å². The lowest BCUT2D eigenvalue weighted by Gasteiger charge is -2.10. The zero-order valence-electron chi connectivity index (χ0n) is 16.6. The van der Waals surface area contributed by atoms with Crippen LogP contribution in [-0.2, 0) is 6.42 Å². The van der Waals surface area contributed by atoms with Crippen LogP contribution in [0.5, 0.6) is 11.5 Å². The number of nitro benzene ring substituents is 1. The maximum atomic E-state index is 13.0. The van der Waals surface area contributed by atoms with Crippen molar-refractivity contribution in [1.82, 2.24) is 9.66 Å². The molecule has 0 saturated heterocycles. The zero-order valence-corrected chi connectivity index (χ0v) is 18.2. The fourth-order valence-electron chi connectivity index (χ4n) is 2.96. The molecule has 10 heteroatoms. The van der Waals surface area contributed by atoms with Crippen molar-refractivity contribution in [2.45, 2.75) is 19.8 Å². The standard InChI is InChI=1S/C20H19BrN4O5/c1-4-5-19-23-15-7-6-13(21)9-14(15)20(26)24(19)22-11-12-8-17(29-2)18(30-3)10-16(12)25(27)28/h6-11H,4-5H2,1-3H3. The monoisotopic (exact) mass is 474 g/mol. The summed E-state index contributed by atoms with van der Waals surface area (Å²) in [6, 6.07) is 7.94. The molecule has 30 heavy (non-hydrogen) atoms. The van der Waals surface area contributed by atoms with Crippen molar-refractivity contribution in [3.05, 3.63) is 66.7 Å². The average Bonchev–Trinajstić information content (AvgIpc) is 2.73. The van der Waals surface area contributed by atoms with Crippen molar-refractivity contribution in [3.63, 3.8) is 0 Å². The predicted octanol–water partition coefficient (Wildman–Crippen LogP) is 3.92. The van der Waals surface area contributed by atoms with E-state index in [1.165, 1.54) is 37.2 Å². The summed E-state index contributed by atoms with van der Waals surface area (Å²) in [5, 5.41) is 16.2. The molecule has 3 rings (SSSR count). The van der Waals surface area contributed by atoms with Crippen LogP contribution in [0.3, 0.4) is 0 Å². The highest BCUT2D eigenvalue weighted by atomic mass is 79.9. The molecule has 0 aliphatic rings. The first kappa shape index (κ1) is 21.4. The summed E-state index contributed by atoms with van der Waals surface area (Å²) in [6.07, 6.45) is 2.53. The Morgan fingerprint density at radius 2 is 1.93 bits per heavy atom. The van der Waals surface area contributed by atoms with Crippen LogP contribution in [0.15, 0.2) is 44.7 Å². The summed E-state index contributed by atoms with van der Waals surface area (Å²) in [5.74, 6) is 1.00. The molecular weight excluding hydrogens is 456 g/mol. The van der Waals surface area contributed by atoms with Crippen molar-refractivity contribution < 1.29 is 14.4 Å². The van der Waals surface area contributed by atoms with E-state index in [4.69, 9.17) is 9.47 Å². The number of benzene rings is 2. The molecule has 0 amide bonds. The molecular formula is C20H19BrN4O5. The van der Waals surface area contributed by atoms with Crippen molar-refractivity contribution in [2.24, 2.45) is 5.10 Å². The van der Waals surface area contributed by atoms with Gasteiger partial charge in [0, 0.05) is 10.9 Å². The minimum atomic E-state index is -0.547. The van der Waals surface area contributed by atoms with Gasteiger partial charge in [-0.15, -0.1) is 0 Å². The molecule has 0 N–H and O–H groups in total. The van der Waals surface area contributed by atoms with Crippen molar-refractivity contribution in [2.75, 3.05) is 14.2 Å². The van der Waals surface area contributed by atoms with E-state index in [2.05, 4.69) is 26.0 Å². The number of aryl methyl sites for hydroxylation is 1. The van der Waals surface area contributed by atoms with Crippen molar-refractivity contribution >= 4 is 38.7 Å². The Morgan fingerprint density at radius 1 is 1.23 bits per heavy atom. The predicted molar refractivity (Wildman–Crippen MR) is 117 cm³/mol. The minimum absolute atomic E-state index is 0.168. The number of fused-ring (bicyclic) bond motifs is 1. The Labute approximate surface area is 180 Å². The number of rotatable bonds is 7. The molecule has 1 aromatic heterocycles. The lowest BCUT2D eigenvalue weighted by Crippen LogP contribution is -2.22. The van der Waals surface area contributed by atoms with Crippen LogP contribution >= 0.6 is 15.9 Å². The summed E-state index contributed by atoms with van der Waals surface area (Å²) < 4.78 is 12.3. The van der Waals surface area contributed by atoms with E-state index < -0.39 is 4.92 Å². The first-order chi connectivity index (χ1) is 14.4. The lowest BCUT2D eigenvalue weighted by molar-refractivity contribution is -0.385. The fraction of sp³-hybridized carbons (Fsp3) is 0.250. The van der Waals surface area contributed by atoms with Gasteiger partial charge >= 0.3 is 0 Å². The summed E-state index contributed by atoms with van der Waals surface area (Å²) >= 11 is 3.36. The molecule has 0 atom stereocenters. The molecule has 0 unspecified atom stereocenters. The third kappa shape index (κ3) is 4.18. The maximum Gasteiger partial charge on any atom is 0.282 e. The number of ether oxygens (including phenoxy) is 2. The topological polar surface area (TPSA) is 109 Å². The van der Waals surface area contributed by atoms with Gasteiger partial charge in [-0.1, -0.05) is 22.9 Å². The van der Waals surface area contributed by atoms with E-state index in [1.54, 1.807) is 12.1 Å². The second-order valence-electron chi connectivity index (χ2n) is 6.32. The third-order valence-corrected chi connectivity index (χ3v) is 4.88. The zero-order chi connectivity index (χ0) is 21.8. The van der Waals surface area contributed by atoms with Gasteiger partial charge in [0.15, 0.2) is 11.5 Å². The summed E-state index contributed by atoms with van der Waals surface area (Å²) in [5.41, 5.74) is 0.152. The second-order valence-corrected chi connectivity index (χ2v) is 7.24. The molecule has 2 aromatic carbocycles. The summed E-state index contributed by atoms with van der Waals surface area (Å²) in [4.78, 5) is 28.6. The Kier molecular flexibility index (Phi) is 6.46. The molecule has 0 saturated carbocycles. The molecule has 9 nitrogen and oxygen atoms in total. The van der Waals surface area contributed by atoms with Crippen LogP contribution in [0.4, 0.5) is 5.69 Å². The average molecular weight is 475 g/mol. The molecule has 0 aliphatic heterocycles. The molecule has 0 radical (unpaired) electrons. The van der Waals surface area contributed by atoms with Gasteiger partial charge in [0.1, 0.15) is 5.82 Å². The highest BCUT2D eigenvalue weighted by Crippen LogP contribution is 2.33. The van der Waals surface area contributed by atoms with Crippen LogP contribution in [0.2, 0.25) is 0 Å². The molecule has 1 heterocycles. The van der Waals surface area contributed by atoms with Crippen LogP contribution in [0.25, 0.3) is 10.9 Å². The number of hydrogen-bond acceptors (Lipinski definition) is 7. The van der Waals surface area contributed by atoms with E-state index in [0.29, 0.717) is 28.9 Å². The number of halogens is 1. The summed E-state index contributed by atoms with van der Waals surface area (Å²) in [6.45, 7) is 1.96. The van der Waals surface area contributed by atoms with Crippen molar-refractivity contribution in [3.8, 4) is 11.5 Å². The Bertz CT molecular complexity index is 1210. The SMILES string of the molecule is CCCc1nc2ccc(Br)cc2c(=O)n1N=Cc1cc(OC)c(OC)cc1[N+](=O)[O-]. The number of aromatic nitrogens is 2. The van der Waals surface area contributed by atoms with Gasteiger partial charge in [0.25, 0.3) is 11.2 Å². The second kappa shape index (κ2) is 9.04. The quantitative estimate of drug-likeness (QED) is 0.291. The molecule has 0 spiro atoms. The third-order valence-electron chi connectivity index (χ3n) is 4.39. The van der Waals surface area contributed by atoms with E-state index in [1.807, 2.05) is 13.0 Å². The van der Waals surface area contributed by atoms with Crippen LogP contribution < -0.4 is 15.0 Å². The van der Waals surface area contributed by atoms with E-state index in [-0.39, 0.29) is 22.6 Å². The smallest absolute Gasteiger partial charge is 0.282 e. The number of methoxy groups -OCH3 is 2. The van der Waals surface area contributed by atoms with Gasteiger partial charge in [-0.2, -0.15) is 9.78 Å². The van der Waals surface area contributed by atoms with Crippen LogP contribution in [0, 0.1) is 10.1 Å².